The molecule has 5 heteroatoms. The molecule has 0 saturated carbocycles. The lowest BCUT2D eigenvalue weighted by atomic mass is 9.55. The van der Waals surface area contributed by atoms with Crippen LogP contribution in [0, 0.1) is 40.6 Å². The Hall–Kier alpha value is -2.32. The highest BCUT2D eigenvalue weighted by Gasteiger charge is 1.97. The molecule has 0 unspecified atom stereocenters. The molecule has 0 aliphatic rings. The molecule has 0 amide bonds. The average Bonchev–Trinajstić information content (AvgIpc) is 2.39. The Morgan fingerprint density at radius 3 is 2.22 bits per heavy atom. The summed E-state index contributed by atoms with van der Waals surface area (Å²) < 4.78 is 2.25. The maximum Gasteiger partial charge on any atom is 0.218 e. The fraction of sp³-hybridized carbons (Fsp3) is 0.385. The van der Waals surface area contributed by atoms with Crippen molar-refractivity contribution in [3.8, 4) is 17.9 Å². The summed E-state index contributed by atoms with van der Waals surface area (Å²) in [6.07, 6.45) is 6.85. The van der Waals surface area contributed by atoms with Gasteiger partial charge < -0.3 is 0 Å². The van der Waals surface area contributed by atoms with Crippen molar-refractivity contribution < 1.29 is 4.57 Å². The average molecular weight is 239 g/mol. The molecule has 0 fully saturated rings. The van der Waals surface area contributed by atoms with Crippen LogP contribution >= 0.6 is 0 Å². The summed E-state index contributed by atoms with van der Waals surface area (Å²) in [5.74, 6) is 4.44. The maximum absolute atomic E-state index is 7.83. The molecule has 1 aromatic rings. The summed E-state index contributed by atoms with van der Waals surface area (Å²) in [4.78, 5) is 0. The molecule has 0 aliphatic carbocycles. The van der Waals surface area contributed by atoms with Gasteiger partial charge in [0.1, 0.15) is 6.54 Å². The van der Waals surface area contributed by atoms with E-state index in [9.17, 15) is 0 Å². The molecule has 1 heterocycles. The first-order chi connectivity index (χ1) is 8.67. The second kappa shape index (κ2) is 9.88. The number of nitriles is 3. The molecule has 0 aromatic carbocycles. The van der Waals surface area contributed by atoms with Crippen molar-refractivity contribution in [3.05, 3.63) is 30.1 Å². The smallest absolute Gasteiger partial charge is 0.218 e. The van der Waals surface area contributed by atoms with Gasteiger partial charge in [-0.15, -0.1) is 0 Å². The highest BCUT2D eigenvalue weighted by atomic mass is 14.9. The summed E-state index contributed by atoms with van der Waals surface area (Å²) in [6.45, 7) is 4.40. The van der Waals surface area contributed by atoms with E-state index in [0.29, 0.717) is 0 Å². The Labute approximate surface area is 109 Å². The van der Waals surface area contributed by atoms with Crippen LogP contribution in [0.25, 0.3) is 0 Å². The van der Waals surface area contributed by atoms with Crippen LogP contribution in [-0.4, -0.2) is 6.71 Å². The molecule has 1 radical (unpaired) electrons. The van der Waals surface area contributed by atoms with Gasteiger partial charge in [0.2, 0.25) is 6.71 Å². The van der Waals surface area contributed by atoms with Gasteiger partial charge >= 0.3 is 0 Å². The largest absolute Gasteiger partial charge is 0.251 e. The third kappa shape index (κ3) is 7.04. The van der Waals surface area contributed by atoms with E-state index in [1.165, 1.54) is 36.3 Å². The van der Waals surface area contributed by atoms with E-state index >= 15 is 0 Å². The summed E-state index contributed by atoms with van der Waals surface area (Å²) in [7, 11) is 0. The van der Waals surface area contributed by atoms with E-state index < -0.39 is 6.71 Å². The molecular formula is C13H16BN4. The molecule has 0 N–H and O–H groups in total. The molecule has 0 spiro atoms. The van der Waals surface area contributed by atoms with E-state index in [1.54, 1.807) is 0 Å². The predicted molar refractivity (Wildman–Crippen MR) is 68.9 cm³/mol. The van der Waals surface area contributed by atoms with Crippen molar-refractivity contribution in [2.75, 3.05) is 0 Å². The number of hydrogen-bond acceptors (Lipinski definition) is 3. The zero-order valence-corrected chi connectivity index (χ0v) is 10.8. The molecular weight excluding hydrogens is 223 g/mol. The summed E-state index contributed by atoms with van der Waals surface area (Å²) in [6, 6.07) is 4.23. The van der Waals surface area contributed by atoms with Crippen LogP contribution in [0.2, 0.25) is 0 Å². The first-order valence-corrected chi connectivity index (χ1v) is 5.82. The lowest BCUT2D eigenvalue weighted by Gasteiger charge is -1.94. The minimum absolute atomic E-state index is 1.10. The van der Waals surface area contributed by atoms with Gasteiger partial charge in [0.05, 0.1) is 0 Å². The van der Waals surface area contributed by atoms with Crippen molar-refractivity contribution in [1.29, 1.82) is 15.8 Å². The lowest BCUT2D eigenvalue weighted by molar-refractivity contribution is -0.697. The monoisotopic (exact) mass is 239 g/mol. The number of aromatic nitrogens is 1. The molecule has 0 atom stereocenters. The first kappa shape index (κ1) is 15.7. The van der Waals surface area contributed by atoms with Crippen LogP contribution < -0.4 is 4.57 Å². The van der Waals surface area contributed by atoms with E-state index in [2.05, 4.69) is 42.9 Å². The van der Waals surface area contributed by atoms with Crippen LogP contribution in [-0.2, 0) is 6.54 Å². The van der Waals surface area contributed by atoms with Gasteiger partial charge in [-0.25, -0.2) is 4.57 Å². The number of unbranched alkanes of at least 4 members (excludes halogenated alkanes) is 1. The fourth-order valence-corrected chi connectivity index (χ4v) is 1.22. The number of pyridine rings is 1. The highest BCUT2D eigenvalue weighted by Crippen LogP contribution is 1.91. The number of rotatable bonds is 3. The van der Waals surface area contributed by atoms with Gasteiger partial charge in [0.15, 0.2) is 12.4 Å². The highest BCUT2D eigenvalue weighted by molar-refractivity contribution is 6.81. The fourth-order valence-electron chi connectivity index (χ4n) is 1.22. The van der Waals surface area contributed by atoms with Crippen LogP contribution in [0.5, 0.6) is 0 Å². The van der Waals surface area contributed by atoms with Crippen molar-refractivity contribution in [1.82, 2.24) is 0 Å². The van der Waals surface area contributed by atoms with E-state index in [4.69, 9.17) is 15.8 Å². The first-order valence-electron chi connectivity index (χ1n) is 5.82. The van der Waals surface area contributed by atoms with Gasteiger partial charge in [-0.3, -0.25) is 15.8 Å². The lowest BCUT2D eigenvalue weighted by Crippen LogP contribution is -2.32. The van der Waals surface area contributed by atoms with Crippen LogP contribution in [0.4, 0.5) is 0 Å². The van der Waals surface area contributed by atoms with Crippen molar-refractivity contribution in [2.45, 2.75) is 33.2 Å². The predicted octanol–water partition coefficient (Wildman–Crippen LogP) is 1.75. The quantitative estimate of drug-likeness (QED) is 0.595. The number of nitrogens with zero attached hydrogens (tertiary/aromatic N) is 4. The van der Waals surface area contributed by atoms with Crippen LogP contribution in [0.3, 0.4) is 0 Å². The minimum atomic E-state index is -1.10. The summed E-state index contributed by atoms with van der Waals surface area (Å²) >= 11 is 0. The number of hydrogen-bond donors (Lipinski definition) is 0. The van der Waals surface area contributed by atoms with Crippen molar-refractivity contribution in [2.24, 2.45) is 0 Å². The molecule has 18 heavy (non-hydrogen) atoms. The van der Waals surface area contributed by atoms with Crippen molar-refractivity contribution >= 4 is 6.71 Å². The molecule has 1 aromatic heterocycles. The molecule has 4 nitrogen and oxygen atoms in total. The Balaban J connectivity index is 0.000000360. The topological polar surface area (TPSA) is 75.2 Å². The van der Waals surface area contributed by atoms with Gasteiger partial charge in [0, 0.05) is 18.1 Å². The third-order valence-electron chi connectivity index (χ3n) is 2.16. The molecule has 1 rings (SSSR count). The summed E-state index contributed by atoms with van der Waals surface area (Å²) in [5, 5.41) is 23.5. The molecule has 91 valence electrons. The van der Waals surface area contributed by atoms with Gasteiger partial charge in [-0.2, -0.15) is 17.9 Å². The molecule has 0 bridgehead atoms. The second-order valence-corrected chi connectivity index (χ2v) is 3.79. The number of aryl methyl sites for hydroxylation is 2. The van der Waals surface area contributed by atoms with E-state index in [-0.39, 0.29) is 0 Å². The third-order valence-corrected chi connectivity index (χ3v) is 2.16. The maximum atomic E-state index is 7.83. The zero-order valence-electron chi connectivity index (χ0n) is 10.8. The van der Waals surface area contributed by atoms with Gasteiger partial charge in [-0.05, 0) is 13.0 Å². The van der Waals surface area contributed by atoms with E-state index in [1.807, 2.05) is 0 Å². The van der Waals surface area contributed by atoms with Gasteiger partial charge in [0.25, 0.3) is 0 Å². The second-order valence-electron chi connectivity index (χ2n) is 3.79. The molecule has 0 saturated heterocycles. The Morgan fingerprint density at radius 1 is 1.22 bits per heavy atom. The van der Waals surface area contributed by atoms with Crippen LogP contribution in [0.1, 0.15) is 25.3 Å². The Morgan fingerprint density at radius 2 is 1.83 bits per heavy atom. The van der Waals surface area contributed by atoms with E-state index in [0.717, 1.165) is 6.54 Å². The normalized spacial score (nSPS) is 8.44. The zero-order chi connectivity index (χ0) is 13.8. The SMILES string of the molecule is CCCC[n+]1cccc(C)c1.N#C[B-](C#N)C#N. The van der Waals surface area contributed by atoms with Crippen LogP contribution in [0.15, 0.2) is 24.5 Å². The Bertz CT molecular complexity index is 446. The molecule has 0 aliphatic heterocycles. The summed E-state index contributed by atoms with van der Waals surface area (Å²) in [5.41, 5.74) is 1.34. The Kier molecular flexibility index (Phi) is 8.61. The van der Waals surface area contributed by atoms with Crippen molar-refractivity contribution in [3.63, 3.8) is 0 Å². The minimum Gasteiger partial charge on any atom is -0.251 e. The standard InChI is InChI=1S/C10H16N.C3BN3/c1-3-4-7-11-8-5-6-10(2)9-11;5-1-4(2-6)3-7/h5-6,8-9H,3-4,7H2,1-2H3;/q+1;-1. The van der Waals surface area contributed by atoms with Gasteiger partial charge in [-0.1, -0.05) is 13.3 Å².